The van der Waals surface area contributed by atoms with E-state index in [9.17, 15) is 4.79 Å². The van der Waals surface area contributed by atoms with Gasteiger partial charge in [0.15, 0.2) is 0 Å². The second-order valence-corrected chi connectivity index (χ2v) is 6.39. The fourth-order valence-electron chi connectivity index (χ4n) is 1.98. The average molecular weight is 398 g/mol. The van der Waals surface area contributed by atoms with E-state index in [2.05, 4.69) is 37.2 Å². The average Bonchev–Trinajstić information content (AvgIpc) is 2.36. The number of rotatable bonds is 2. The summed E-state index contributed by atoms with van der Waals surface area (Å²) < 4.78 is 1.67. The molecule has 0 aromatic heterocycles. The number of halogens is 2. The normalized spacial score (nSPS) is 10.4. The molecule has 0 aliphatic rings. The molecule has 3 N–H and O–H groups in total. The van der Waals surface area contributed by atoms with Crippen molar-refractivity contribution in [2.45, 2.75) is 13.8 Å². The zero-order chi connectivity index (χ0) is 14.9. The van der Waals surface area contributed by atoms with E-state index in [0.717, 1.165) is 25.8 Å². The number of carbonyl (C=O) groups excluding carboxylic acids is 1. The van der Waals surface area contributed by atoms with Gasteiger partial charge in [0.25, 0.3) is 5.91 Å². The number of anilines is 2. The van der Waals surface area contributed by atoms with Gasteiger partial charge >= 0.3 is 0 Å². The Kier molecular flexibility index (Phi) is 4.50. The Balaban J connectivity index is 2.35. The molecular weight excluding hydrogens is 384 g/mol. The Morgan fingerprint density at radius 3 is 2.50 bits per heavy atom. The van der Waals surface area contributed by atoms with Crippen molar-refractivity contribution in [3.63, 3.8) is 0 Å². The molecule has 0 atom stereocenters. The Bertz CT molecular complexity index is 661. The second-order valence-electron chi connectivity index (χ2n) is 4.62. The van der Waals surface area contributed by atoms with Gasteiger partial charge in [-0.2, -0.15) is 0 Å². The van der Waals surface area contributed by atoms with Gasteiger partial charge in [0, 0.05) is 14.6 Å². The maximum absolute atomic E-state index is 12.3. The van der Waals surface area contributed by atoms with Crippen LogP contribution in [0.4, 0.5) is 11.4 Å². The van der Waals surface area contributed by atoms with Crippen LogP contribution >= 0.6 is 31.9 Å². The van der Waals surface area contributed by atoms with E-state index in [1.54, 1.807) is 18.2 Å². The number of nitrogens with two attached hydrogens (primary N) is 1. The number of aryl methyl sites for hydroxylation is 2. The lowest BCUT2D eigenvalue weighted by molar-refractivity contribution is 0.102. The van der Waals surface area contributed by atoms with Crippen molar-refractivity contribution in [3.05, 3.63) is 56.0 Å². The van der Waals surface area contributed by atoms with Gasteiger partial charge in [-0.25, -0.2) is 0 Å². The van der Waals surface area contributed by atoms with E-state index in [1.165, 1.54) is 0 Å². The molecule has 0 aliphatic carbocycles. The van der Waals surface area contributed by atoms with Crippen LogP contribution in [0.1, 0.15) is 21.5 Å². The smallest absolute Gasteiger partial charge is 0.257 e. The molecule has 104 valence electrons. The molecule has 0 heterocycles. The summed E-state index contributed by atoms with van der Waals surface area (Å²) in [7, 11) is 0. The molecule has 2 rings (SSSR count). The molecule has 2 aromatic carbocycles. The van der Waals surface area contributed by atoms with Crippen molar-refractivity contribution in [3.8, 4) is 0 Å². The Labute approximate surface area is 134 Å². The highest BCUT2D eigenvalue weighted by Crippen LogP contribution is 2.29. The minimum Gasteiger partial charge on any atom is -0.398 e. The summed E-state index contributed by atoms with van der Waals surface area (Å²) in [6.07, 6.45) is 0. The summed E-state index contributed by atoms with van der Waals surface area (Å²) in [5.41, 5.74) is 9.65. The Morgan fingerprint density at radius 1 is 1.15 bits per heavy atom. The summed E-state index contributed by atoms with van der Waals surface area (Å²) >= 11 is 6.82. The number of benzene rings is 2. The quantitative estimate of drug-likeness (QED) is 0.723. The molecular formula is C15H14Br2N2O. The number of hydrogen-bond donors (Lipinski definition) is 2. The predicted molar refractivity (Wildman–Crippen MR) is 90.1 cm³/mol. The number of carbonyl (C=O) groups is 1. The van der Waals surface area contributed by atoms with Crippen LogP contribution < -0.4 is 11.1 Å². The summed E-state index contributed by atoms with van der Waals surface area (Å²) in [6.45, 7) is 3.97. The fourth-order valence-corrected chi connectivity index (χ4v) is 3.11. The van der Waals surface area contributed by atoms with Crippen LogP contribution in [-0.4, -0.2) is 5.91 Å². The summed E-state index contributed by atoms with van der Waals surface area (Å²) in [4.78, 5) is 12.3. The van der Waals surface area contributed by atoms with Crippen molar-refractivity contribution in [1.82, 2.24) is 0 Å². The van der Waals surface area contributed by atoms with Gasteiger partial charge in [-0.3, -0.25) is 4.79 Å². The fraction of sp³-hybridized carbons (Fsp3) is 0.133. The van der Waals surface area contributed by atoms with Gasteiger partial charge in [-0.1, -0.05) is 22.0 Å². The standard InChI is InChI=1S/C15H14Br2N2O/c1-8-5-9(2)14(12(17)6-8)19-15(20)11-7-10(16)3-4-13(11)18/h3-7H,18H2,1-2H3,(H,19,20). The van der Waals surface area contributed by atoms with Crippen molar-refractivity contribution >= 4 is 49.1 Å². The van der Waals surface area contributed by atoms with Crippen LogP contribution in [0.3, 0.4) is 0 Å². The number of nitrogens with one attached hydrogen (secondary N) is 1. The van der Waals surface area contributed by atoms with Crippen molar-refractivity contribution in [2.24, 2.45) is 0 Å². The van der Waals surface area contributed by atoms with Gasteiger partial charge in [0.1, 0.15) is 0 Å². The first kappa shape index (κ1) is 15.1. The van der Waals surface area contributed by atoms with Crippen molar-refractivity contribution in [2.75, 3.05) is 11.1 Å². The molecule has 0 aliphatic heterocycles. The lowest BCUT2D eigenvalue weighted by atomic mass is 10.1. The number of hydrogen-bond acceptors (Lipinski definition) is 2. The van der Waals surface area contributed by atoms with Crippen LogP contribution in [0.5, 0.6) is 0 Å². The van der Waals surface area contributed by atoms with Gasteiger partial charge in [0.2, 0.25) is 0 Å². The van der Waals surface area contributed by atoms with Crippen molar-refractivity contribution in [1.29, 1.82) is 0 Å². The van der Waals surface area contributed by atoms with Gasteiger partial charge in [0.05, 0.1) is 11.3 Å². The molecule has 5 heteroatoms. The first-order valence-corrected chi connectivity index (χ1v) is 7.60. The molecule has 0 saturated carbocycles. The SMILES string of the molecule is Cc1cc(C)c(NC(=O)c2cc(Br)ccc2N)c(Br)c1. The molecule has 0 fully saturated rings. The molecule has 2 aromatic rings. The van der Waals surface area contributed by atoms with Gasteiger partial charge in [-0.15, -0.1) is 0 Å². The highest BCUT2D eigenvalue weighted by molar-refractivity contribution is 9.10. The molecule has 0 bridgehead atoms. The number of amides is 1. The Hall–Kier alpha value is -1.33. The molecule has 0 saturated heterocycles. The van der Waals surface area contributed by atoms with E-state index in [1.807, 2.05) is 26.0 Å². The van der Waals surface area contributed by atoms with Crippen LogP contribution in [0.25, 0.3) is 0 Å². The number of nitrogen functional groups attached to an aromatic ring is 1. The Morgan fingerprint density at radius 2 is 1.85 bits per heavy atom. The van der Waals surface area contributed by atoms with E-state index < -0.39 is 0 Å². The van der Waals surface area contributed by atoms with Crippen LogP contribution in [0, 0.1) is 13.8 Å². The summed E-state index contributed by atoms with van der Waals surface area (Å²) in [5, 5.41) is 2.90. The third-order valence-electron chi connectivity index (χ3n) is 2.93. The topological polar surface area (TPSA) is 55.1 Å². The molecule has 1 amide bonds. The minimum atomic E-state index is -0.226. The highest BCUT2D eigenvalue weighted by atomic mass is 79.9. The zero-order valence-corrected chi connectivity index (χ0v) is 14.3. The van der Waals surface area contributed by atoms with E-state index in [-0.39, 0.29) is 5.91 Å². The van der Waals surface area contributed by atoms with E-state index >= 15 is 0 Å². The van der Waals surface area contributed by atoms with E-state index in [4.69, 9.17) is 5.73 Å². The zero-order valence-electron chi connectivity index (χ0n) is 11.1. The van der Waals surface area contributed by atoms with Crippen LogP contribution in [0.15, 0.2) is 39.3 Å². The third kappa shape index (κ3) is 3.22. The minimum absolute atomic E-state index is 0.226. The van der Waals surface area contributed by atoms with Gasteiger partial charge in [-0.05, 0) is 65.2 Å². The van der Waals surface area contributed by atoms with Crippen LogP contribution in [0.2, 0.25) is 0 Å². The molecule has 0 spiro atoms. The molecule has 20 heavy (non-hydrogen) atoms. The first-order chi connectivity index (χ1) is 9.38. The second kappa shape index (κ2) is 5.97. The molecule has 0 unspecified atom stereocenters. The largest absolute Gasteiger partial charge is 0.398 e. The maximum atomic E-state index is 12.3. The van der Waals surface area contributed by atoms with Gasteiger partial charge < -0.3 is 11.1 Å². The predicted octanol–water partition coefficient (Wildman–Crippen LogP) is 4.66. The third-order valence-corrected chi connectivity index (χ3v) is 4.05. The van der Waals surface area contributed by atoms with E-state index in [0.29, 0.717) is 11.3 Å². The molecule has 0 radical (unpaired) electrons. The summed E-state index contributed by atoms with van der Waals surface area (Å²) in [5.74, 6) is -0.226. The van der Waals surface area contributed by atoms with Crippen LogP contribution in [-0.2, 0) is 0 Å². The monoisotopic (exact) mass is 396 g/mol. The maximum Gasteiger partial charge on any atom is 0.257 e. The lowest BCUT2D eigenvalue weighted by Gasteiger charge is -2.13. The molecule has 3 nitrogen and oxygen atoms in total. The summed E-state index contributed by atoms with van der Waals surface area (Å²) in [6, 6.07) is 9.20. The lowest BCUT2D eigenvalue weighted by Crippen LogP contribution is -2.15. The van der Waals surface area contributed by atoms with Crippen molar-refractivity contribution < 1.29 is 4.79 Å². The highest BCUT2D eigenvalue weighted by Gasteiger charge is 2.13. The first-order valence-electron chi connectivity index (χ1n) is 6.01.